The van der Waals surface area contributed by atoms with Crippen LogP contribution in [0.3, 0.4) is 0 Å². The highest BCUT2D eigenvalue weighted by Crippen LogP contribution is 2.32. The molecule has 8 nitrogen and oxygen atoms in total. The van der Waals surface area contributed by atoms with Gasteiger partial charge in [0.05, 0.1) is 28.0 Å². The third-order valence-electron chi connectivity index (χ3n) is 5.02. The van der Waals surface area contributed by atoms with Gasteiger partial charge in [0.15, 0.2) is 15.0 Å². The lowest BCUT2D eigenvalue weighted by molar-refractivity contribution is 0.0986. The van der Waals surface area contributed by atoms with Gasteiger partial charge in [0.2, 0.25) is 0 Å². The van der Waals surface area contributed by atoms with E-state index in [0.29, 0.717) is 36.8 Å². The fraction of sp³-hybridized carbons (Fsp3) is 0.261. The molecule has 0 bridgehead atoms. The average Bonchev–Trinajstić information content (AvgIpc) is 3.45. The summed E-state index contributed by atoms with van der Waals surface area (Å²) in [6.07, 6.45) is 7.18. The highest BCUT2D eigenvalue weighted by molar-refractivity contribution is 7.90. The number of aryl methyl sites for hydroxylation is 1. The average molecular weight is 485 g/mol. The van der Waals surface area contributed by atoms with Crippen LogP contribution >= 0.6 is 11.3 Å². The van der Waals surface area contributed by atoms with E-state index in [9.17, 15) is 13.2 Å². The molecular weight excluding hydrogens is 460 g/mol. The molecule has 0 saturated heterocycles. The van der Waals surface area contributed by atoms with Gasteiger partial charge in [-0.15, -0.1) is 0 Å². The predicted molar refractivity (Wildman–Crippen MR) is 129 cm³/mol. The van der Waals surface area contributed by atoms with Crippen molar-refractivity contribution in [2.75, 3.05) is 24.3 Å². The number of nitrogens with zero attached hydrogens (tertiary/aromatic N) is 4. The Morgan fingerprint density at radius 2 is 1.97 bits per heavy atom. The van der Waals surface area contributed by atoms with E-state index in [-0.39, 0.29) is 10.8 Å². The van der Waals surface area contributed by atoms with E-state index in [1.54, 1.807) is 29.6 Å². The zero-order valence-electron chi connectivity index (χ0n) is 18.3. The van der Waals surface area contributed by atoms with Gasteiger partial charge in [-0.1, -0.05) is 11.3 Å². The Balaban J connectivity index is 1.63. The molecule has 0 aliphatic rings. The van der Waals surface area contributed by atoms with Crippen LogP contribution in [0.25, 0.3) is 10.2 Å². The van der Waals surface area contributed by atoms with Crippen LogP contribution in [-0.2, 0) is 16.4 Å². The SMILES string of the molecule is CCOc1ccc2nc(N(CCCn3ccnc3)C(=O)c3ccc(S(C)(=O)=O)cc3)sc2c1. The van der Waals surface area contributed by atoms with Gasteiger partial charge in [-0.2, -0.15) is 0 Å². The Kier molecular flexibility index (Phi) is 6.75. The summed E-state index contributed by atoms with van der Waals surface area (Å²) in [6, 6.07) is 11.7. The van der Waals surface area contributed by atoms with Gasteiger partial charge in [0, 0.05) is 37.3 Å². The minimum Gasteiger partial charge on any atom is -0.494 e. The van der Waals surface area contributed by atoms with Crippen molar-refractivity contribution in [1.29, 1.82) is 0 Å². The van der Waals surface area contributed by atoms with Crippen LogP contribution in [0.4, 0.5) is 5.13 Å². The summed E-state index contributed by atoms with van der Waals surface area (Å²) in [5.74, 6) is 0.527. The number of aromatic nitrogens is 3. The molecule has 4 rings (SSSR count). The molecule has 0 atom stereocenters. The van der Waals surface area contributed by atoms with Crippen LogP contribution in [0.1, 0.15) is 23.7 Å². The second-order valence-electron chi connectivity index (χ2n) is 7.47. The third kappa shape index (κ3) is 5.40. The fourth-order valence-electron chi connectivity index (χ4n) is 3.38. The van der Waals surface area contributed by atoms with Gasteiger partial charge in [-0.3, -0.25) is 9.69 Å². The largest absolute Gasteiger partial charge is 0.494 e. The smallest absolute Gasteiger partial charge is 0.260 e. The first-order valence-electron chi connectivity index (χ1n) is 10.5. The Morgan fingerprint density at radius 1 is 1.18 bits per heavy atom. The molecule has 2 aromatic carbocycles. The summed E-state index contributed by atoms with van der Waals surface area (Å²) in [5.41, 5.74) is 1.19. The summed E-state index contributed by atoms with van der Waals surface area (Å²) in [4.78, 5) is 24.0. The maximum absolute atomic E-state index is 13.4. The third-order valence-corrected chi connectivity index (χ3v) is 7.19. The van der Waals surface area contributed by atoms with Crippen molar-refractivity contribution in [3.63, 3.8) is 0 Å². The van der Waals surface area contributed by atoms with Crippen molar-refractivity contribution < 1.29 is 17.9 Å². The summed E-state index contributed by atoms with van der Waals surface area (Å²) < 4.78 is 32.0. The number of anilines is 1. The van der Waals surface area contributed by atoms with Gasteiger partial charge in [0.1, 0.15) is 5.75 Å². The molecule has 10 heteroatoms. The van der Waals surface area contributed by atoms with Crippen molar-refractivity contribution in [2.45, 2.75) is 24.8 Å². The Morgan fingerprint density at radius 3 is 2.64 bits per heavy atom. The first-order chi connectivity index (χ1) is 15.8. The molecule has 33 heavy (non-hydrogen) atoms. The van der Waals surface area contributed by atoms with Crippen molar-refractivity contribution in [2.24, 2.45) is 0 Å². The van der Waals surface area contributed by atoms with Crippen molar-refractivity contribution in [1.82, 2.24) is 14.5 Å². The molecule has 0 saturated carbocycles. The molecule has 0 unspecified atom stereocenters. The molecule has 0 spiro atoms. The molecule has 172 valence electrons. The summed E-state index contributed by atoms with van der Waals surface area (Å²) >= 11 is 1.42. The van der Waals surface area contributed by atoms with Crippen LogP contribution in [0.15, 0.2) is 66.1 Å². The Bertz CT molecular complexity index is 1350. The topological polar surface area (TPSA) is 94.4 Å². The number of fused-ring (bicyclic) bond motifs is 1. The number of sulfone groups is 1. The van der Waals surface area contributed by atoms with Gasteiger partial charge < -0.3 is 9.30 Å². The van der Waals surface area contributed by atoms with E-state index in [1.807, 2.05) is 35.9 Å². The summed E-state index contributed by atoms with van der Waals surface area (Å²) in [5, 5.41) is 0.585. The van der Waals surface area contributed by atoms with Crippen molar-refractivity contribution in [3.8, 4) is 5.75 Å². The number of hydrogen-bond acceptors (Lipinski definition) is 7. The van der Waals surface area contributed by atoms with Gasteiger partial charge in [0.25, 0.3) is 5.91 Å². The number of ether oxygens (including phenoxy) is 1. The molecule has 1 amide bonds. The normalized spacial score (nSPS) is 11.6. The molecule has 2 heterocycles. The van der Waals surface area contributed by atoms with E-state index in [1.165, 1.54) is 23.5 Å². The highest BCUT2D eigenvalue weighted by atomic mass is 32.2. The molecule has 0 fully saturated rings. The molecule has 0 aliphatic heterocycles. The van der Waals surface area contributed by atoms with E-state index in [4.69, 9.17) is 4.74 Å². The van der Waals surface area contributed by atoms with Crippen LogP contribution in [0.2, 0.25) is 0 Å². The maximum atomic E-state index is 13.4. The predicted octanol–water partition coefficient (Wildman–Crippen LogP) is 4.03. The van der Waals surface area contributed by atoms with Crippen LogP contribution < -0.4 is 9.64 Å². The Labute approximate surface area is 196 Å². The summed E-state index contributed by atoms with van der Waals surface area (Å²) in [7, 11) is -3.34. The van der Waals surface area contributed by atoms with E-state index >= 15 is 0 Å². The lowest BCUT2D eigenvalue weighted by atomic mass is 10.2. The maximum Gasteiger partial charge on any atom is 0.260 e. The molecule has 0 aliphatic carbocycles. The molecule has 4 aromatic rings. The summed E-state index contributed by atoms with van der Waals surface area (Å²) in [6.45, 7) is 3.65. The second kappa shape index (κ2) is 9.72. The van der Waals surface area contributed by atoms with Gasteiger partial charge >= 0.3 is 0 Å². The number of thiazole rings is 1. The first kappa shape index (κ1) is 22.9. The number of benzene rings is 2. The van der Waals surface area contributed by atoms with Gasteiger partial charge in [-0.25, -0.2) is 18.4 Å². The monoisotopic (exact) mass is 484 g/mol. The van der Waals surface area contributed by atoms with Crippen molar-refractivity contribution >= 4 is 42.4 Å². The standard InChI is InChI=1S/C23H24N4O4S2/c1-3-31-18-7-10-20-21(15-18)32-23(25-20)27(13-4-12-26-14-11-24-16-26)22(28)17-5-8-19(9-6-17)33(2,29)30/h5-11,14-16H,3-4,12-13H2,1-2H3. The number of carbonyl (C=O) groups is 1. The zero-order chi connectivity index (χ0) is 23.4. The van der Waals surface area contributed by atoms with E-state index < -0.39 is 9.84 Å². The minimum atomic E-state index is -3.34. The van der Waals surface area contributed by atoms with Crippen LogP contribution in [0, 0.1) is 0 Å². The number of imidazole rings is 1. The molecule has 0 N–H and O–H groups in total. The van der Waals surface area contributed by atoms with E-state index in [2.05, 4.69) is 9.97 Å². The molecule has 0 radical (unpaired) electrons. The quantitative estimate of drug-likeness (QED) is 0.356. The van der Waals surface area contributed by atoms with Crippen LogP contribution in [-0.4, -0.2) is 48.3 Å². The second-order valence-corrected chi connectivity index (χ2v) is 10.5. The highest BCUT2D eigenvalue weighted by Gasteiger charge is 2.22. The number of hydrogen-bond donors (Lipinski definition) is 0. The Hall–Kier alpha value is -3.24. The van der Waals surface area contributed by atoms with E-state index in [0.717, 1.165) is 22.2 Å². The zero-order valence-corrected chi connectivity index (χ0v) is 20.0. The number of carbonyl (C=O) groups excluding carboxylic acids is 1. The fourth-order valence-corrected chi connectivity index (χ4v) is 5.03. The molecule has 2 aromatic heterocycles. The minimum absolute atomic E-state index is 0.175. The first-order valence-corrected chi connectivity index (χ1v) is 13.2. The van der Waals surface area contributed by atoms with Gasteiger partial charge in [-0.05, 0) is 55.8 Å². The molecular formula is C23H24N4O4S2. The lowest BCUT2D eigenvalue weighted by Gasteiger charge is -2.20. The number of amides is 1. The lowest BCUT2D eigenvalue weighted by Crippen LogP contribution is -2.32. The number of rotatable bonds is 9. The van der Waals surface area contributed by atoms with Crippen molar-refractivity contribution in [3.05, 3.63) is 66.7 Å². The van der Waals surface area contributed by atoms with Crippen LogP contribution in [0.5, 0.6) is 5.75 Å².